The minimum Gasteiger partial charge on any atom is -0.489 e. The molecule has 6 heteroatoms. The molecule has 0 spiro atoms. The highest BCUT2D eigenvalue weighted by molar-refractivity contribution is 14.1. The second-order valence-corrected chi connectivity index (χ2v) is 7.89. The highest BCUT2D eigenvalue weighted by atomic mass is 127. The Hall–Kier alpha value is -1.51. The van der Waals surface area contributed by atoms with Crippen LogP contribution in [0.4, 0.5) is 8.78 Å². The molecule has 1 aliphatic heterocycles. The third kappa shape index (κ3) is 4.61. The maximum atomic E-state index is 13.4. The van der Waals surface area contributed by atoms with E-state index in [1.165, 1.54) is 12.1 Å². The molecule has 3 nitrogen and oxygen atoms in total. The van der Waals surface area contributed by atoms with Gasteiger partial charge in [-0.2, -0.15) is 0 Å². The molecule has 1 N–H and O–H groups in total. The first kappa shape index (κ1) is 19.3. The number of likely N-dealkylation sites (N-methyl/N-ethyl adjacent to an activating group) is 1. The van der Waals surface area contributed by atoms with E-state index in [1.54, 1.807) is 18.2 Å². The summed E-state index contributed by atoms with van der Waals surface area (Å²) in [5.41, 5.74) is 4.45. The van der Waals surface area contributed by atoms with Crippen molar-refractivity contribution < 1.29 is 13.5 Å². The third-order valence-corrected chi connectivity index (χ3v) is 4.77. The summed E-state index contributed by atoms with van der Waals surface area (Å²) in [7, 11) is 2.02. The first-order valence-electron chi connectivity index (χ1n) is 8.46. The fraction of sp³-hybridized carbons (Fsp3) is 0.300. The number of alkyl halides is 1. The molecule has 2 aromatic carbocycles. The van der Waals surface area contributed by atoms with Crippen LogP contribution in [0.5, 0.6) is 5.75 Å². The quantitative estimate of drug-likeness (QED) is 0.370. The van der Waals surface area contributed by atoms with E-state index in [2.05, 4.69) is 31.3 Å². The molecule has 0 aromatic heterocycles. The number of nitrogens with one attached hydrogen (secondary N) is 1. The van der Waals surface area contributed by atoms with Gasteiger partial charge in [-0.25, -0.2) is 11.9 Å². The van der Waals surface area contributed by atoms with E-state index in [4.69, 9.17) is 4.74 Å². The van der Waals surface area contributed by atoms with Crippen molar-refractivity contribution in [3.8, 4) is 5.75 Å². The van der Waals surface area contributed by atoms with Gasteiger partial charge in [0.05, 0.1) is 0 Å². The molecule has 0 saturated heterocycles. The molecule has 0 aliphatic carbocycles. The first-order valence-corrected chi connectivity index (χ1v) is 9.42. The summed E-state index contributed by atoms with van der Waals surface area (Å²) < 4.78 is 34.5. The molecule has 0 bridgehead atoms. The average Bonchev–Trinajstić information content (AvgIpc) is 2.65. The summed E-state index contributed by atoms with van der Waals surface area (Å²) in [4.78, 5) is 0. The molecule has 1 heterocycles. The SMILES string of the molecule is CN(I)CCNCC1=C(c2ccc(F)cc2)c2cc(CF)ccc2OC1. The van der Waals surface area contributed by atoms with Crippen LogP contribution in [0.1, 0.15) is 16.7 Å². The van der Waals surface area contributed by atoms with Crippen LogP contribution in [0, 0.1) is 5.82 Å². The van der Waals surface area contributed by atoms with Crippen LogP contribution in [-0.4, -0.2) is 36.4 Å². The van der Waals surface area contributed by atoms with Gasteiger partial charge in [0.15, 0.2) is 0 Å². The highest BCUT2D eigenvalue weighted by Gasteiger charge is 2.22. The lowest BCUT2D eigenvalue weighted by Crippen LogP contribution is -2.28. The lowest BCUT2D eigenvalue weighted by molar-refractivity contribution is 0.341. The van der Waals surface area contributed by atoms with E-state index in [0.717, 1.165) is 41.1 Å². The minimum atomic E-state index is -0.528. The molecule has 0 unspecified atom stereocenters. The van der Waals surface area contributed by atoms with Crippen LogP contribution in [0.15, 0.2) is 48.0 Å². The van der Waals surface area contributed by atoms with Gasteiger partial charge in [-0.3, -0.25) is 0 Å². The molecule has 138 valence electrons. The maximum Gasteiger partial charge on any atom is 0.127 e. The van der Waals surface area contributed by atoms with E-state index in [1.807, 2.05) is 19.2 Å². The Kier molecular flexibility index (Phi) is 6.61. The van der Waals surface area contributed by atoms with Crippen LogP contribution >= 0.6 is 22.9 Å². The van der Waals surface area contributed by atoms with Gasteiger partial charge in [-0.1, -0.05) is 18.2 Å². The predicted molar refractivity (Wildman–Crippen MR) is 109 cm³/mol. The van der Waals surface area contributed by atoms with E-state index in [-0.39, 0.29) is 5.82 Å². The lowest BCUT2D eigenvalue weighted by Gasteiger charge is -2.25. The summed E-state index contributed by atoms with van der Waals surface area (Å²) in [6.07, 6.45) is 0. The van der Waals surface area contributed by atoms with Gasteiger partial charge in [0.1, 0.15) is 24.8 Å². The van der Waals surface area contributed by atoms with E-state index in [0.29, 0.717) is 18.7 Å². The maximum absolute atomic E-state index is 13.4. The number of hydrogen-bond acceptors (Lipinski definition) is 3. The van der Waals surface area contributed by atoms with Gasteiger partial charge in [-0.05, 0) is 53.6 Å². The highest BCUT2D eigenvalue weighted by Crippen LogP contribution is 2.38. The molecule has 0 amide bonds. The number of halogens is 3. The fourth-order valence-electron chi connectivity index (χ4n) is 3.00. The van der Waals surface area contributed by atoms with Crippen molar-refractivity contribution in [2.24, 2.45) is 0 Å². The van der Waals surface area contributed by atoms with Gasteiger partial charge in [0, 0.05) is 48.1 Å². The van der Waals surface area contributed by atoms with Crippen molar-refractivity contribution in [1.29, 1.82) is 0 Å². The Bertz CT molecular complexity index is 791. The fourth-order valence-corrected chi connectivity index (χ4v) is 3.24. The number of benzene rings is 2. The second kappa shape index (κ2) is 8.92. The standard InChI is InChI=1S/C20H21F2IN2O/c1-25(23)9-8-24-12-16-13-26-19-7-2-14(11-21)10-18(19)20(16)15-3-5-17(22)6-4-15/h2-7,10,24H,8-9,11-13H2,1H3. The van der Waals surface area contributed by atoms with Crippen molar-refractivity contribution in [3.63, 3.8) is 0 Å². The molecule has 26 heavy (non-hydrogen) atoms. The van der Waals surface area contributed by atoms with Crippen LogP contribution in [-0.2, 0) is 6.67 Å². The molecule has 2 aromatic rings. The summed E-state index contributed by atoms with van der Waals surface area (Å²) in [6, 6.07) is 11.8. The zero-order chi connectivity index (χ0) is 18.5. The first-order chi connectivity index (χ1) is 12.6. The molecule has 0 atom stereocenters. The number of rotatable bonds is 7. The number of hydrogen-bond donors (Lipinski definition) is 1. The monoisotopic (exact) mass is 470 g/mol. The number of ether oxygens (including phenoxy) is 1. The van der Waals surface area contributed by atoms with Crippen molar-refractivity contribution in [2.45, 2.75) is 6.67 Å². The van der Waals surface area contributed by atoms with E-state index in [9.17, 15) is 8.78 Å². The Morgan fingerprint density at radius 2 is 1.96 bits per heavy atom. The van der Waals surface area contributed by atoms with Gasteiger partial charge < -0.3 is 10.1 Å². The summed E-state index contributed by atoms with van der Waals surface area (Å²) >= 11 is 2.25. The lowest BCUT2D eigenvalue weighted by atomic mass is 9.90. The average molecular weight is 470 g/mol. The number of nitrogens with zero attached hydrogens (tertiary/aromatic N) is 1. The zero-order valence-electron chi connectivity index (χ0n) is 14.6. The molecular weight excluding hydrogens is 449 g/mol. The van der Waals surface area contributed by atoms with Crippen LogP contribution in [0.3, 0.4) is 0 Å². The van der Waals surface area contributed by atoms with Gasteiger partial charge in [0.2, 0.25) is 0 Å². The van der Waals surface area contributed by atoms with Crippen molar-refractivity contribution in [2.75, 3.05) is 33.3 Å². The largest absolute Gasteiger partial charge is 0.489 e. The van der Waals surface area contributed by atoms with Gasteiger partial charge in [0.25, 0.3) is 0 Å². The molecule has 1 aliphatic rings. The van der Waals surface area contributed by atoms with E-state index >= 15 is 0 Å². The minimum absolute atomic E-state index is 0.274. The van der Waals surface area contributed by atoms with Crippen LogP contribution in [0.25, 0.3) is 5.57 Å². The molecule has 0 fully saturated rings. The van der Waals surface area contributed by atoms with Gasteiger partial charge >= 0.3 is 0 Å². The Balaban J connectivity index is 1.97. The van der Waals surface area contributed by atoms with Crippen molar-refractivity contribution in [3.05, 3.63) is 70.5 Å². The third-order valence-electron chi connectivity index (χ3n) is 4.29. The predicted octanol–water partition coefficient (Wildman–Crippen LogP) is 4.36. The molecule has 0 saturated carbocycles. The van der Waals surface area contributed by atoms with Crippen molar-refractivity contribution in [1.82, 2.24) is 8.43 Å². The Morgan fingerprint density at radius 3 is 2.65 bits per heavy atom. The summed E-state index contributed by atoms with van der Waals surface area (Å²) in [5.74, 6) is 0.459. The normalized spacial score (nSPS) is 13.7. The molecule has 0 radical (unpaired) electrons. The summed E-state index contributed by atoms with van der Waals surface area (Å²) in [5, 5.41) is 3.42. The zero-order valence-corrected chi connectivity index (χ0v) is 16.7. The van der Waals surface area contributed by atoms with Gasteiger partial charge in [-0.15, -0.1) is 0 Å². The Morgan fingerprint density at radius 1 is 1.19 bits per heavy atom. The van der Waals surface area contributed by atoms with E-state index < -0.39 is 6.67 Å². The van der Waals surface area contributed by atoms with Crippen molar-refractivity contribution >= 4 is 28.4 Å². The molecular formula is C20H21F2IN2O. The smallest absolute Gasteiger partial charge is 0.127 e. The topological polar surface area (TPSA) is 24.5 Å². The second-order valence-electron chi connectivity index (χ2n) is 6.24. The van der Waals surface area contributed by atoms with Crippen LogP contribution in [0.2, 0.25) is 0 Å². The Labute approximate surface area is 166 Å². The van der Waals surface area contributed by atoms with Crippen LogP contribution < -0.4 is 10.1 Å². The molecule has 3 rings (SSSR count). The summed E-state index contributed by atoms with van der Waals surface area (Å²) in [6.45, 7) is 2.36. The number of fused-ring (bicyclic) bond motifs is 1.